The molecule has 1 heterocycles. The van der Waals surface area contributed by atoms with Crippen molar-refractivity contribution >= 4 is 0 Å². The van der Waals surface area contributed by atoms with Crippen LogP contribution in [-0.2, 0) is 17.8 Å². The van der Waals surface area contributed by atoms with Gasteiger partial charge in [-0.3, -0.25) is 9.88 Å². The summed E-state index contributed by atoms with van der Waals surface area (Å²) in [6, 6.07) is 4.93. The van der Waals surface area contributed by atoms with Crippen LogP contribution in [0.25, 0.3) is 0 Å². The van der Waals surface area contributed by atoms with Gasteiger partial charge in [-0.25, -0.2) is 0 Å². The molecule has 0 bridgehead atoms. The van der Waals surface area contributed by atoms with Gasteiger partial charge in [-0.15, -0.1) is 0 Å². The maximum absolute atomic E-state index is 5.09. The van der Waals surface area contributed by atoms with Crippen LogP contribution in [0.2, 0.25) is 0 Å². The molecule has 1 aromatic rings. The summed E-state index contributed by atoms with van der Waals surface area (Å²) in [6.45, 7) is 3.51. The molecule has 0 spiro atoms. The van der Waals surface area contributed by atoms with Crippen LogP contribution >= 0.6 is 0 Å². The highest BCUT2D eigenvalue weighted by Crippen LogP contribution is 2.19. The summed E-state index contributed by atoms with van der Waals surface area (Å²) in [5.41, 5.74) is 2.48. The van der Waals surface area contributed by atoms with Crippen molar-refractivity contribution in [2.24, 2.45) is 0 Å². The van der Waals surface area contributed by atoms with Gasteiger partial charge in [0.25, 0.3) is 0 Å². The lowest BCUT2D eigenvalue weighted by atomic mass is 10.2. The van der Waals surface area contributed by atoms with Gasteiger partial charge in [0.1, 0.15) is 0 Å². The lowest BCUT2D eigenvalue weighted by Gasteiger charge is -2.17. The molecule has 0 saturated heterocycles. The van der Waals surface area contributed by atoms with E-state index in [4.69, 9.17) is 4.74 Å². The zero-order chi connectivity index (χ0) is 12.8. The molecule has 1 aliphatic carbocycles. The minimum Gasteiger partial charge on any atom is -0.383 e. The van der Waals surface area contributed by atoms with Gasteiger partial charge < -0.3 is 10.1 Å². The third-order valence-electron chi connectivity index (χ3n) is 3.24. The molecule has 1 fully saturated rings. The number of pyridine rings is 1. The quantitative estimate of drug-likeness (QED) is 0.756. The predicted molar refractivity (Wildman–Crippen MR) is 72.3 cm³/mol. The number of rotatable bonds is 8. The van der Waals surface area contributed by atoms with Crippen molar-refractivity contribution in [1.29, 1.82) is 0 Å². The van der Waals surface area contributed by atoms with E-state index in [2.05, 4.69) is 28.3 Å². The van der Waals surface area contributed by atoms with Crippen molar-refractivity contribution < 1.29 is 4.74 Å². The van der Waals surface area contributed by atoms with E-state index in [0.717, 1.165) is 32.3 Å². The van der Waals surface area contributed by atoms with Crippen LogP contribution in [0.15, 0.2) is 18.3 Å². The Morgan fingerprint density at radius 3 is 3.06 bits per heavy atom. The fraction of sp³-hybridized carbons (Fsp3) is 0.643. The Bertz CT molecular complexity index is 366. The Morgan fingerprint density at radius 1 is 1.50 bits per heavy atom. The van der Waals surface area contributed by atoms with Crippen molar-refractivity contribution in [3.63, 3.8) is 0 Å². The Labute approximate surface area is 109 Å². The normalized spacial score (nSPS) is 15.3. The Kier molecular flexibility index (Phi) is 5.11. The second-order valence-corrected chi connectivity index (χ2v) is 4.99. The number of nitrogens with one attached hydrogen (secondary N) is 1. The maximum Gasteiger partial charge on any atom is 0.0589 e. The van der Waals surface area contributed by atoms with E-state index in [0.29, 0.717) is 0 Å². The van der Waals surface area contributed by atoms with Gasteiger partial charge in [-0.1, -0.05) is 6.07 Å². The molecule has 1 saturated carbocycles. The zero-order valence-corrected chi connectivity index (χ0v) is 11.4. The maximum atomic E-state index is 5.09. The first kappa shape index (κ1) is 13.5. The van der Waals surface area contributed by atoms with Gasteiger partial charge in [0.15, 0.2) is 0 Å². The van der Waals surface area contributed by atoms with E-state index < -0.39 is 0 Å². The fourth-order valence-corrected chi connectivity index (χ4v) is 1.90. The molecule has 1 N–H and O–H groups in total. The van der Waals surface area contributed by atoms with E-state index in [-0.39, 0.29) is 0 Å². The lowest BCUT2D eigenvalue weighted by molar-refractivity contribution is 0.158. The molecule has 100 valence electrons. The first-order valence-electron chi connectivity index (χ1n) is 6.63. The van der Waals surface area contributed by atoms with E-state index in [1.165, 1.54) is 24.1 Å². The van der Waals surface area contributed by atoms with Crippen LogP contribution in [0.1, 0.15) is 24.1 Å². The van der Waals surface area contributed by atoms with Crippen LogP contribution in [0.3, 0.4) is 0 Å². The third-order valence-corrected chi connectivity index (χ3v) is 3.24. The molecule has 4 nitrogen and oxygen atoms in total. The number of ether oxygens (including phenoxy) is 1. The SMILES string of the molecule is COCCN(C)Cc1ncccc1CNC1CC1. The van der Waals surface area contributed by atoms with Gasteiger partial charge in [-0.05, 0) is 31.5 Å². The van der Waals surface area contributed by atoms with E-state index in [9.17, 15) is 0 Å². The van der Waals surface area contributed by atoms with Crippen LogP contribution in [0, 0.1) is 0 Å². The van der Waals surface area contributed by atoms with Crippen molar-refractivity contribution in [3.05, 3.63) is 29.6 Å². The number of hydrogen-bond donors (Lipinski definition) is 1. The highest BCUT2D eigenvalue weighted by molar-refractivity contribution is 5.19. The lowest BCUT2D eigenvalue weighted by Crippen LogP contribution is -2.24. The van der Waals surface area contributed by atoms with Gasteiger partial charge in [0, 0.05) is 39.0 Å². The molecule has 18 heavy (non-hydrogen) atoms. The molecule has 0 atom stereocenters. The molecule has 1 aromatic heterocycles. The molecule has 2 rings (SSSR count). The second-order valence-electron chi connectivity index (χ2n) is 4.99. The van der Waals surface area contributed by atoms with Crippen LogP contribution in [0.5, 0.6) is 0 Å². The number of aromatic nitrogens is 1. The smallest absolute Gasteiger partial charge is 0.0589 e. The minimum atomic E-state index is 0.740. The molecule has 0 unspecified atom stereocenters. The second kappa shape index (κ2) is 6.83. The Morgan fingerprint density at radius 2 is 2.33 bits per heavy atom. The van der Waals surface area contributed by atoms with E-state index >= 15 is 0 Å². The first-order valence-corrected chi connectivity index (χ1v) is 6.63. The molecule has 0 aromatic carbocycles. The fourth-order valence-electron chi connectivity index (χ4n) is 1.90. The van der Waals surface area contributed by atoms with E-state index in [1.54, 1.807) is 7.11 Å². The molecule has 0 radical (unpaired) electrons. The highest BCUT2D eigenvalue weighted by Gasteiger charge is 2.20. The number of likely N-dealkylation sites (N-methyl/N-ethyl adjacent to an activating group) is 1. The van der Waals surface area contributed by atoms with Crippen molar-refractivity contribution in [2.75, 3.05) is 27.3 Å². The third kappa shape index (κ3) is 4.37. The van der Waals surface area contributed by atoms with Crippen molar-refractivity contribution in [2.45, 2.75) is 32.0 Å². The molecular formula is C14H23N3O. The topological polar surface area (TPSA) is 37.4 Å². The Balaban J connectivity index is 1.88. The standard InChI is InChI=1S/C14H23N3O/c1-17(8-9-18-2)11-14-12(4-3-7-15-14)10-16-13-5-6-13/h3-4,7,13,16H,5-6,8-11H2,1-2H3. The van der Waals surface area contributed by atoms with Crippen molar-refractivity contribution in [3.8, 4) is 0 Å². The van der Waals surface area contributed by atoms with Gasteiger partial charge >= 0.3 is 0 Å². The first-order chi connectivity index (χ1) is 8.79. The summed E-state index contributed by atoms with van der Waals surface area (Å²) in [5, 5.41) is 3.55. The average molecular weight is 249 g/mol. The summed E-state index contributed by atoms with van der Waals surface area (Å²) in [4.78, 5) is 6.75. The van der Waals surface area contributed by atoms with Gasteiger partial charge in [0.2, 0.25) is 0 Å². The number of hydrogen-bond acceptors (Lipinski definition) is 4. The predicted octanol–water partition coefficient (Wildman–Crippen LogP) is 1.41. The molecule has 1 aliphatic rings. The number of methoxy groups -OCH3 is 1. The summed E-state index contributed by atoms with van der Waals surface area (Å²) >= 11 is 0. The molecule has 0 aliphatic heterocycles. The van der Waals surface area contributed by atoms with Crippen LogP contribution in [0.4, 0.5) is 0 Å². The van der Waals surface area contributed by atoms with Crippen LogP contribution < -0.4 is 5.32 Å². The molecule has 0 amide bonds. The molecule has 4 heteroatoms. The minimum absolute atomic E-state index is 0.740. The summed E-state index contributed by atoms with van der Waals surface area (Å²) in [6.07, 6.45) is 4.52. The monoisotopic (exact) mass is 249 g/mol. The summed E-state index contributed by atoms with van der Waals surface area (Å²) < 4.78 is 5.09. The summed E-state index contributed by atoms with van der Waals surface area (Å²) in [7, 11) is 3.84. The van der Waals surface area contributed by atoms with Gasteiger partial charge in [-0.2, -0.15) is 0 Å². The molecular weight excluding hydrogens is 226 g/mol. The number of nitrogens with zero attached hydrogens (tertiary/aromatic N) is 2. The van der Waals surface area contributed by atoms with E-state index in [1.807, 2.05) is 12.3 Å². The van der Waals surface area contributed by atoms with Crippen molar-refractivity contribution in [1.82, 2.24) is 15.2 Å². The van der Waals surface area contributed by atoms with Gasteiger partial charge in [0.05, 0.1) is 12.3 Å². The zero-order valence-electron chi connectivity index (χ0n) is 11.4. The highest BCUT2D eigenvalue weighted by atomic mass is 16.5. The Hall–Kier alpha value is -0.970. The van der Waals surface area contributed by atoms with Crippen LogP contribution in [-0.4, -0.2) is 43.2 Å². The summed E-state index contributed by atoms with van der Waals surface area (Å²) in [5.74, 6) is 0. The largest absolute Gasteiger partial charge is 0.383 e. The average Bonchev–Trinajstić information content (AvgIpc) is 3.19.